The first-order chi connectivity index (χ1) is 13.6. The molecular weight excluding hydrogens is 354 g/mol. The Hall–Kier alpha value is -2.66. The van der Waals surface area contributed by atoms with Crippen LogP contribution in [-0.2, 0) is 9.47 Å². The fourth-order valence-corrected chi connectivity index (χ4v) is 3.53. The molecule has 2 aromatic rings. The second kappa shape index (κ2) is 9.51. The van der Waals surface area contributed by atoms with E-state index in [0.29, 0.717) is 23.8 Å². The minimum atomic E-state index is -0.375. The van der Waals surface area contributed by atoms with Crippen LogP contribution in [0.3, 0.4) is 0 Å². The standard InChI is InChI=1S/C23H27NO4/c1-24(13-5-11-21-12-6-14-28-21)22(25)19-9-3-7-17(15-19)18-8-4-10-20(16-18)23(26)27-2/h3-4,7-10,15-16,21H,5-6,11-14H2,1-2H3/t21-/m1/s1. The van der Waals surface area contributed by atoms with Crippen molar-refractivity contribution >= 4 is 11.9 Å². The van der Waals surface area contributed by atoms with Gasteiger partial charge in [-0.2, -0.15) is 0 Å². The highest BCUT2D eigenvalue weighted by molar-refractivity contribution is 5.96. The van der Waals surface area contributed by atoms with Gasteiger partial charge in [-0.25, -0.2) is 4.79 Å². The van der Waals surface area contributed by atoms with Gasteiger partial charge in [0, 0.05) is 25.8 Å². The van der Waals surface area contributed by atoms with Crippen LogP contribution in [-0.4, -0.2) is 50.2 Å². The minimum absolute atomic E-state index is 0.00156. The van der Waals surface area contributed by atoms with E-state index in [0.717, 1.165) is 43.4 Å². The van der Waals surface area contributed by atoms with Crippen molar-refractivity contribution in [2.45, 2.75) is 31.8 Å². The van der Waals surface area contributed by atoms with Crippen LogP contribution in [0.25, 0.3) is 11.1 Å². The van der Waals surface area contributed by atoms with Crippen LogP contribution in [0, 0.1) is 0 Å². The third kappa shape index (κ3) is 4.98. The number of hydrogen-bond acceptors (Lipinski definition) is 4. The van der Waals surface area contributed by atoms with Gasteiger partial charge in [0.1, 0.15) is 0 Å². The van der Waals surface area contributed by atoms with Crippen LogP contribution in [0.4, 0.5) is 0 Å². The molecule has 0 radical (unpaired) electrons. The van der Waals surface area contributed by atoms with E-state index in [9.17, 15) is 9.59 Å². The van der Waals surface area contributed by atoms with Crippen molar-refractivity contribution in [2.75, 3.05) is 27.3 Å². The lowest BCUT2D eigenvalue weighted by molar-refractivity contribution is 0.0600. The number of carbonyl (C=O) groups is 2. The lowest BCUT2D eigenvalue weighted by Gasteiger charge is -2.19. The molecule has 1 fully saturated rings. The topological polar surface area (TPSA) is 55.8 Å². The van der Waals surface area contributed by atoms with Gasteiger partial charge in [0.2, 0.25) is 0 Å². The number of hydrogen-bond donors (Lipinski definition) is 0. The van der Waals surface area contributed by atoms with Gasteiger partial charge in [0.05, 0.1) is 18.8 Å². The van der Waals surface area contributed by atoms with Crippen LogP contribution in [0.15, 0.2) is 48.5 Å². The molecule has 0 saturated carbocycles. The zero-order valence-corrected chi connectivity index (χ0v) is 16.5. The van der Waals surface area contributed by atoms with Gasteiger partial charge >= 0.3 is 5.97 Å². The number of benzene rings is 2. The zero-order chi connectivity index (χ0) is 19.9. The fraction of sp³-hybridized carbons (Fsp3) is 0.391. The van der Waals surface area contributed by atoms with Crippen LogP contribution in [0.2, 0.25) is 0 Å². The van der Waals surface area contributed by atoms with E-state index in [2.05, 4.69) is 0 Å². The van der Waals surface area contributed by atoms with Gasteiger partial charge in [0.25, 0.3) is 5.91 Å². The predicted octanol–water partition coefficient (Wildman–Crippen LogP) is 4.17. The highest BCUT2D eigenvalue weighted by Crippen LogP contribution is 2.23. The largest absolute Gasteiger partial charge is 0.465 e. The number of carbonyl (C=O) groups excluding carboxylic acids is 2. The van der Waals surface area contributed by atoms with Crippen molar-refractivity contribution in [2.24, 2.45) is 0 Å². The molecule has 0 aliphatic carbocycles. The third-order valence-corrected chi connectivity index (χ3v) is 5.12. The van der Waals surface area contributed by atoms with E-state index >= 15 is 0 Å². The normalized spacial score (nSPS) is 16.0. The molecule has 0 spiro atoms. The second-order valence-corrected chi connectivity index (χ2v) is 7.16. The predicted molar refractivity (Wildman–Crippen MR) is 108 cm³/mol. The minimum Gasteiger partial charge on any atom is -0.465 e. The Balaban J connectivity index is 1.66. The summed E-state index contributed by atoms with van der Waals surface area (Å²) < 4.78 is 10.4. The summed E-state index contributed by atoms with van der Waals surface area (Å²) in [5.74, 6) is -0.377. The number of methoxy groups -OCH3 is 1. The molecule has 28 heavy (non-hydrogen) atoms. The van der Waals surface area contributed by atoms with Gasteiger partial charge in [-0.05, 0) is 61.1 Å². The number of ether oxygens (including phenoxy) is 2. The van der Waals surface area contributed by atoms with Gasteiger partial charge in [-0.1, -0.05) is 24.3 Å². The monoisotopic (exact) mass is 381 g/mol. The first-order valence-corrected chi connectivity index (χ1v) is 9.74. The molecule has 2 aromatic carbocycles. The summed E-state index contributed by atoms with van der Waals surface area (Å²) in [6, 6.07) is 14.7. The number of esters is 1. The van der Waals surface area contributed by atoms with Gasteiger partial charge in [-0.15, -0.1) is 0 Å². The smallest absolute Gasteiger partial charge is 0.337 e. The number of nitrogens with zero attached hydrogens (tertiary/aromatic N) is 1. The molecule has 0 aromatic heterocycles. The summed E-state index contributed by atoms with van der Waals surface area (Å²) in [7, 11) is 3.20. The van der Waals surface area contributed by atoms with Crippen molar-refractivity contribution < 1.29 is 19.1 Å². The molecule has 148 valence electrons. The molecule has 1 atom stereocenters. The van der Waals surface area contributed by atoms with E-state index in [1.54, 1.807) is 17.0 Å². The SMILES string of the molecule is COC(=O)c1cccc(-c2cccc(C(=O)N(C)CCC[C@@H]3CCCO3)c2)c1. The summed E-state index contributed by atoms with van der Waals surface area (Å²) in [5.41, 5.74) is 2.89. The molecule has 5 nitrogen and oxygen atoms in total. The first-order valence-electron chi connectivity index (χ1n) is 9.74. The molecule has 1 aliphatic heterocycles. The maximum Gasteiger partial charge on any atom is 0.337 e. The Morgan fingerprint density at radius 3 is 2.43 bits per heavy atom. The van der Waals surface area contributed by atoms with Crippen molar-refractivity contribution in [3.63, 3.8) is 0 Å². The van der Waals surface area contributed by atoms with Gasteiger partial charge in [-0.3, -0.25) is 4.79 Å². The molecule has 1 saturated heterocycles. The van der Waals surface area contributed by atoms with Crippen molar-refractivity contribution in [1.82, 2.24) is 4.90 Å². The van der Waals surface area contributed by atoms with Crippen LogP contribution in [0.1, 0.15) is 46.4 Å². The maximum absolute atomic E-state index is 12.8. The summed E-state index contributed by atoms with van der Waals surface area (Å²) >= 11 is 0. The zero-order valence-electron chi connectivity index (χ0n) is 16.5. The molecule has 3 rings (SSSR count). The number of rotatable bonds is 7. The maximum atomic E-state index is 12.8. The lowest BCUT2D eigenvalue weighted by Crippen LogP contribution is -2.28. The Bertz CT molecular complexity index is 827. The average molecular weight is 381 g/mol. The second-order valence-electron chi connectivity index (χ2n) is 7.16. The van der Waals surface area contributed by atoms with Crippen LogP contribution < -0.4 is 0 Å². The average Bonchev–Trinajstić information content (AvgIpc) is 3.26. The third-order valence-electron chi connectivity index (χ3n) is 5.12. The summed E-state index contributed by atoms with van der Waals surface area (Å²) in [4.78, 5) is 26.3. The van der Waals surface area contributed by atoms with E-state index < -0.39 is 0 Å². The molecule has 0 unspecified atom stereocenters. The molecule has 1 aliphatic rings. The van der Waals surface area contributed by atoms with E-state index in [4.69, 9.17) is 9.47 Å². The Labute approximate surface area is 166 Å². The molecule has 1 amide bonds. The van der Waals surface area contributed by atoms with Crippen molar-refractivity contribution in [3.8, 4) is 11.1 Å². The van der Waals surface area contributed by atoms with Gasteiger partial charge < -0.3 is 14.4 Å². The molecule has 5 heteroatoms. The van der Waals surface area contributed by atoms with Gasteiger partial charge in [0.15, 0.2) is 0 Å². The van der Waals surface area contributed by atoms with Crippen LogP contribution in [0.5, 0.6) is 0 Å². The summed E-state index contributed by atoms with van der Waals surface area (Å²) in [6.07, 6.45) is 4.56. The Morgan fingerprint density at radius 2 is 1.79 bits per heavy atom. The summed E-state index contributed by atoms with van der Waals surface area (Å²) in [5, 5.41) is 0. The Morgan fingerprint density at radius 1 is 1.11 bits per heavy atom. The van der Waals surface area contributed by atoms with E-state index in [1.165, 1.54) is 7.11 Å². The summed E-state index contributed by atoms with van der Waals surface area (Å²) in [6.45, 7) is 1.57. The lowest BCUT2D eigenvalue weighted by atomic mass is 10.0. The fourth-order valence-electron chi connectivity index (χ4n) is 3.53. The molecule has 1 heterocycles. The highest BCUT2D eigenvalue weighted by atomic mass is 16.5. The van der Waals surface area contributed by atoms with Crippen LogP contribution >= 0.6 is 0 Å². The van der Waals surface area contributed by atoms with Crippen molar-refractivity contribution in [1.29, 1.82) is 0 Å². The highest BCUT2D eigenvalue weighted by Gasteiger charge is 2.17. The number of amides is 1. The molecule has 0 N–H and O–H groups in total. The van der Waals surface area contributed by atoms with E-state index in [-0.39, 0.29) is 11.9 Å². The Kier molecular flexibility index (Phi) is 6.82. The van der Waals surface area contributed by atoms with Crippen molar-refractivity contribution in [3.05, 3.63) is 59.7 Å². The van der Waals surface area contributed by atoms with E-state index in [1.807, 2.05) is 43.4 Å². The quantitative estimate of drug-likeness (QED) is 0.676. The molecular formula is C23H27NO4. The first kappa shape index (κ1) is 20.1. The molecule has 0 bridgehead atoms.